The Morgan fingerprint density at radius 1 is 1.45 bits per heavy atom. The second-order valence-corrected chi connectivity index (χ2v) is 2.60. The monoisotopic (exact) mass is 160 g/mol. The van der Waals surface area contributed by atoms with E-state index >= 15 is 0 Å². The first-order valence-corrected chi connectivity index (χ1v) is 4.24. The molecule has 0 aliphatic carbocycles. The second-order valence-electron chi connectivity index (χ2n) is 2.60. The summed E-state index contributed by atoms with van der Waals surface area (Å²) in [6.45, 7) is 4.88. The largest absolute Gasteiger partial charge is 0.374 e. The van der Waals surface area contributed by atoms with E-state index in [1.54, 1.807) is 0 Å². The van der Waals surface area contributed by atoms with Crippen molar-refractivity contribution in [3.8, 4) is 0 Å². The summed E-state index contributed by atoms with van der Waals surface area (Å²) < 4.78 is 15.8. The highest BCUT2D eigenvalue weighted by atomic mass is 16.7. The van der Waals surface area contributed by atoms with Gasteiger partial charge in [-0.25, -0.2) is 0 Å². The van der Waals surface area contributed by atoms with Crippen molar-refractivity contribution in [2.24, 2.45) is 0 Å². The van der Waals surface area contributed by atoms with Crippen LogP contribution in [0.25, 0.3) is 0 Å². The molecular weight excluding hydrogens is 144 g/mol. The molecule has 0 N–H and O–H groups in total. The van der Waals surface area contributed by atoms with Gasteiger partial charge in [0.2, 0.25) is 0 Å². The summed E-state index contributed by atoms with van der Waals surface area (Å²) >= 11 is 0. The molecule has 1 unspecified atom stereocenters. The molecule has 1 aliphatic heterocycles. The SMILES string of the molecule is CCCCOC1COCCO1. The van der Waals surface area contributed by atoms with Crippen LogP contribution in [0, 0.1) is 0 Å². The number of hydrogen-bond donors (Lipinski definition) is 0. The molecule has 66 valence electrons. The van der Waals surface area contributed by atoms with Gasteiger partial charge in [-0.3, -0.25) is 0 Å². The van der Waals surface area contributed by atoms with Gasteiger partial charge in [-0.05, 0) is 6.42 Å². The maximum absolute atomic E-state index is 5.38. The average Bonchev–Trinajstić information content (AvgIpc) is 2.07. The molecule has 0 aromatic rings. The molecule has 0 saturated carbocycles. The predicted octanol–water partition coefficient (Wildman–Crippen LogP) is 1.18. The van der Waals surface area contributed by atoms with Crippen LogP contribution >= 0.6 is 0 Å². The summed E-state index contributed by atoms with van der Waals surface area (Å²) in [6, 6.07) is 0. The Morgan fingerprint density at radius 2 is 2.36 bits per heavy atom. The molecule has 0 spiro atoms. The molecule has 1 heterocycles. The van der Waals surface area contributed by atoms with Crippen LogP contribution in [0.15, 0.2) is 0 Å². The molecule has 1 saturated heterocycles. The van der Waals surface area contributed by atoms with E-state index in [0.29, 0.717) is 19.8 Å². The molecule has 0 bridgehead atoms. The summed E-state index contributed by atoms with van der Waals surface area (Å²) in [4.78, 5) is 0. The van der Waals surface area contributed by atoms with Gasteiger partial charge in [0.15, 0.2) is 6.29 Å². The zero-order chi connectivity index (χ0) is 7.94. The highest BCUT2D eigenvalue weighted by Gasteiger charge is 2.13. The summed E-state index contributed by atoms with van der Waals surface area (Å²) in [7, 11) is 0. The zero-order valence-electron chi connectivity index (χ0n) is 7.04. The van der Waals surface area contributed by atoms with Crippen LogP contribution in [0.5, 0.6) is 0 Å². The third-order valence-electron chi connectivity index (χ3n) is 1.59. The number of unbranched alkanes of at least 4 members (excludes halogenated alkanes) is 1. The van der Waals surface area contributed by atoms with E-state index < -0.39 is 0 Å². The standard InChI is InChI=1S/C8H16O3/c1-2-3-4-10-8-7-9-5-6-11-8/h8H,2-7H2,1H3. The molecule has 0 aromatic heterocycles. The van der Waals surface area contributed by atoms with Gasteiger partial charge in [0.25, 0.3) is 0 Å². The van der Waals surface area contributed by atoms with Crippen molar-refractivity contribution in [3.05, 3.63) is 0 Å². The Labute approximate surface area is 67.6 Å². The lowest BCUT2D eigenvalue weighted by molar-refractivity contribution is -0.211. The van der Waals surface area contributed by atoms with Crippen LogP contribution in [-0.4, -0.2) is 32.7 Å². The van der Waals surface area contributed by atoms with Crippen molar-refractivity contribution >= 4 is 0 Å². The molecule has 11 heavy (non-hydrogen) atoms. The Balaban J connectivity index is 1.96. The van der Waals surface area contributed by atoms with Crippen molar-refractivity contribution in [1.29, 1.82) is 0 Å². The molecule has 1 fully saturated rings. The van der Waals surface area contributed by atoms with E-state index in [4.69, 9.17) is 14.2 Å². The third kappa shape index (κ3) is 3.70. The van der Waals surface area contributed by atoms with Crippen LogP contribution < -0.4 is 0 Å². The molecule has 1 atom stereocenters. The van der Waals surface area contributed by atoms with E-state index in [9.17, 15) is 0 Å². The molecule has 1 aliphatic rings. The molecule has 3 heteroatoms. The molecule has 3 nitrogen and oxygen atoms in total. The highest BCUT2D eigenvalue weighted by molar-refractivity contribution is 4.48. The Morgan fingerprint density at radius 3 is 3.00 bits per heavy atom. The first-order chi connectivity index (χ1) is 5.43. The lowest BCUT2D eigenvalue weighted by Gasteiger charge is -2.22. The van der Waals surface area contributed by atoms with E-state index in [1.165, 1.54) is 0 Å². The van der Waals surface area contributed by atoms with Crippen LogP contribution in [0.2, 0.25) is 0 Å². The third-order valence-corrected chi connectivity index (χ3v) is 1.59. The van der Waals surface area contributed by atoms with Crippen molar-refractivity contribution in [2.75, 3.05) is 26.4 Å². The van der Waals surface area contributed by atoms with Crippen molar-refractivity contribution in [1.82, 2.24) is 0 Å². The summed E-state index contributed by atoms with van der Waals surface area (Å²) in [5.41, 5.74) is 0. The van der Waals surface area contributed by atoms with Gasteiger partial charge in [0.05, 0.1) is 19.8 Å². The van der Waals surface area contributed by atoms with Crippen molar-refractivity contribution in [3.63, 3.8) is 0 Å². The summed E-state index contributed by atoms with van der Waals surface area (Å²) in [5.74, 6) is 0. The number of rotatable bonds is 4. The Kier molecular flexibility index (Phi) is 4.50. The topological polar surface area (TPSA) is 27.7 Å². The van der Waals surface area contributed by atoms with Gasteiger partial charge in [-0.2, -0.15) is 0 Å². The Bertz CT molecular complexity index is 89.3. The quantitative estimate of drug-likeness (QED) is 0.578. The summed E-state index contributed by atoms with van der Waals surface area (Å²) in [5, 5.41) is 0. The number of hydrogen-bond acceptors (Lipinski definition) is 3. The van der Waals surface area contributed by atoms with Crippen LogP contribution in [0.4, 0.5) is 0 Å². The van der Waals surface area contributed by atoms with Gasteiger partial charge in [-0.15, -0.1) is 0 Å². The minimum absolute atomic E-state index is 0.115. The second kappa shape index (κ2) is 5.52. The van der Waals surface area contributed by atoms with Gasteiger partial charge >= 0.3 is 0 Å². The lowest BCUT2D eigenvalue weighted by atomic mass is 10.4. The highest BCUT2D eigenvalue weighted by Crippen LogP contribution is 2.03. The summed E-state index contributed by atoms with van der Waals surface area (Å²) in [6.07, 6.45) is 2.14. The normalized spacial score (nSPS) is 25.4. The lowest BCUT2D eigenvalue weighted by Crippen LogP contribution is -2.31. The minimum atomic E-state index is -0.115. The fraction of sp³-hybridized carbons (Fsp3) is 1.00. The van der Waals surface area contributed by atoms with Gasteiger partial charge < -0.3 is 14.2 Å². The van der Waals surface area contributed by atoms with E-state index in [1.807, 2.05) is 0 Å². The molecule has 1 rings (SSSR count). The van der Waals surface area contributed by atoms with Crippen LogP contribution in [0.1, 0.15) is 19.8 Å². The average molecular weight is 160 g/mol. The van der Waals surface area contributed by atoms with E-state index in [0.717, 1.165) is 19.4 Å². The minimum Gasteiger partial charge on any atom is -0.374 e. The Hall–Kier alpha value is -0.120. The zero-order valence-corrected chi connectivity index (χ0v) is 7.04. The van der Waals surface area contributed by atoms with Crippen LogP contribution in [-0.2, 0) is 14.2 Å². The van der Waals surface area contributed by atoms with Crippen molar-refractivity contribution in [2.45, 2.75) is 26.1 Å². The van der Waals surface area contributed by atoms with Gasteiger partial charge in [0.1, 0.15) is 0 Å². The van der Waals surface area contributed by atoms with Crippen LogP contribution in [0.3, 0.4) is 0 Å². The van der Waals surface area contributed by atoms with Gasteiger partial charge in [0, 0.05) is 6.61 Å². The fourth-order valence-electron chi connectivity index (χ4n) is 0.921. The fourth-order valence-corrected chi connectivity index (χ4v) is 0.921. The predicted molar refractivity (Wildman–Crippen MR) is 41.4 cm³/mol. The smallest absolute Gasteiger partial charge is 0.180 e. The first-order valence-electron chi connectivity index (χ1n) is 4.24. The number of ether oxygens (including phenoxy) is 3. The molecular formula is C8H16O3. The maximum Gasteiger partial charge on any atom is 0.180 e. The molecule has 0 radical (unpaired) electrons. The van der Waals surface area contributed by atoms with E-state index in [2.05, 4.69) is 6.92 Å². The van der Waals surface area contributed by atoms with Gasteiger partial charge in [-0.1, -0.05) is 13.3 Å². The molecule has 0 amide bonds. The molecule has 0 aromatic carbocycles. The van der Waals surface area contributed by atoms with E-state index in [-0.39, 0.29) is 6.29 Å². The maximum atomic E-state index is 5.38. The van der Waals surface area contributed by atoms with Crippen molar-refractivity contribution < 1.29 is 14.2 Å². The first kappa shape index (κ1) is 8.97.